The van der Waals surface area contributed by atoms with E-state index in [1.165, 1.54) is 38.8 Å². The Hall–Kier alpha value is -2.20. The number of carbonyl (C=O) groups is 1. The molecule has 144 valence electrons. The van der Waals surface area contributed by atoms with Gasteiger partial charge in [0.05, 0.1) is 5.69 Å². The second-order valence-corrected chi connectivity index (χ2v) is 7.58. The largest absolute Gasteiger partial charge is 0.342 e. The van der Waals surface area contributed by atoms with Gasteiger partial charge in [0, 0.05) is 30.9 Å². The van der Waals surface area contributed by atoms with Crippen molar-refractivity contribution in [2.45, 2.75) is 39.0 Å². The molecule has 1 aromatic heterocycles. The predicted molar refractivity (Wildman–Crippen MR) is 111 cm³/mol. The second-order valence-electron chi connectivity index (χ2n) is 7.58. The van der Waals surface area contributed by atoms with Crippen molar-refractivity contribution >= 4 is 5.91 Å². The number of rotatable bonds is 6. The summed E-state index contributed by atoms with van der Waals surface area (Å²) in [6.07, 6.45) is 8.20. The Kier molecular flexibility index (Phi) is 6.99. The minimum Gasteiger partial charge on any atom is -0.342 e. The molecule has 0 spiro atoms. The number of benzene rings is 1. The summed E-state index contributed by atoms with van der Waals surface area (Å²) in [6, 6.07) is 11.8. The summed E-state index contributed by atoms with van der Waals surface area (Å²) in [4.78, 5) is 21.5. The molecule has 0 bridgehead atoms. The molecule has 1 saturated heterocycles. The summed E-state index contributed by atoms with van der Waals surface area (Å²) < 4.78 is 0. The van der Waals surface area contributed by atoms with Gasteiger partial charge < -0.3 is 9.80 Å². The molecule has 2 heterocycles. The number of nitrogens with zero attached hydrogens (tertiary/aromatic N) is 3. The molecule has 0 aliphatic carbocycles. The van der Waals surface area contributed by atoms with Crippen LogP contribution in [0.15, 0.2) is 42.6 Å². The van der Waals surface area contributed by atoms with Crippen LogP contribution in [0.5, 0.6) is 0 Å². The first kappa shape index (κ1) is 19.6. The van der Waals surface area contributed by atoms with Crippen LogP contribution in [0.25, 0.3) is 11.3 Å². The van der Waals surface area contributed by atoms with E-state index < -0.39 is 0 Å². The first-order valence-corrected chi connectivity index (χ1v) is 10.1. The molecule has 1 fully saturated rings. The van der Waals surface area contributed by atoms with E-state index in [9.17, 15) is 4.79 Å². The number of carbonyl (C=O) groups excluding carboxylic acids is 1. The highest BCUT2D eigenvalue weighted by molar-refractivity contribution is 5.94. The fourth-order valence-corrected chi connectivity index (χ4v) is 3.77. The lowest BCUT2D eigenvalue weighted by Gasteiger charge is -2.22. The highest BCUT2D eigenvalue weighted by Gasteiger charge is 2.14. The van der Waals surface area contributed by atoms with E-state index in [0.29, 0.717) is 0 Å². The fraction of sp³-hybridized carbons (Fsp3) is 0.478. The first-order valence-electron chi connectivity index (χ1n) is 10.1. The molecular weight excluding hydrogens is 334 g/mol. The monoisotopic (exact) mass is 365 g/mol. The van der Waals surface area contributed by atoms with Crippen LogP contribution < -0.4 is 0 Å². The number of pyridine rings is 1. The zero-order valence-corrected chi connectivity index (χ0v) is 16.7. The Morgan fingerprint density at radius 2 is 1.78 bits per heavy atom. The third-order valence-corrected chi connectivity index (χ3v) is 5.43. The summed E-state index contributed by atoms with van der Waals surface area (Å²) in [5, 5.41) is 0. The van der Waals surface area contributed by atoms with Gasteiger partial charge in [0.25, 0.3) is 5.91 Å². The van der Waals surface area contributed by atoms with Crippen molar-refractivity contribution in [3.05, 3.63) is 53.7 Å². The van der Waals surface area contributed by atoms with Gasteiger partial charge >= 0.3 is 0 Å². The number of hydrogen-bond acceptors (Lipinski definition) is 3. The van der Waals surface area contributed by atoms with Gasteiger partial charge in [0.15, 0.2) is 0 Å². The number of amides is 1. The Labute approximate surface area is 163 Å². The van der Waals surface area contributed by atoms with Gasteiger partial charge in [-0.25, -0.2) is 0 Å². The van der Waals surface area contributed by atoms with Crippen LogP contribution in [0.3, 0.4) is 0 Å². The zero-order valence-electron chi connectivity index (χ0n) is 16.7. The van der Waals surface area contributed by atoms with Gasteiger partial charge in [-0.1, -0.05) is 31.0 Å². The summed E-state index contributed by atoms with van der Waals surface area (Å²) in [5.41, 5.74) is 3.91. The van der Waals surface area contributed by atoms with Crippen LogP contribution in [0.1, 0.15) is 48.0 Å². The lowest BCUT2D eigenvalue weighted by atomic mass is 10.0. The van der Waals surface area contributed by atoms with E-state index in [4.69, 9.17) is 0 Å². The van der Waals surface area contributed by atoms with E-state index in [2.05, 4.69) is 22.9 Å². The molecule has 1 amide bonds. The van der Waals surface area contributed by atoms with Gasteiger partial charge in [-0.3, -0.25) is 9.78 Å². The molecule has 0 unspecified atom stereocenters. The van der Waals surface area contributed by atoms with Gasteiger partial charge in [-0.2, -0.15) is 0 Å². The minimum atomic E-state index is 0.0927. The lowest BCUT2D eigenvalue weighted by Crippen LogP contribution is -2.32. The predicted octanol–water partition coefficient (Wildman–Crippen LogP) is 4.40. The van der Waals surface area contributed by atoms with Crippen molar-refractivity contribution in [3.63, 3.8) is 0 Å². The summed E-state index contributed by atoms with van der Waals surface area (Å²) >= 11 is 0. The first-order chi connectivity index (χ1) is 13.1. The zero-order chi connectivity index (χ0) is 19.1. The molecule has 0 N–H and O–H groups in total. The quantitative estimate of drug-likeness (QED) is 0.761. The molecule has 4 nitrogen and oxygen atoms in total. The number of likely N-dealkylation sites (tertiary alicyclic amines) is 1. The standard InChI is InChI=1S/C23H31N3O/c1-19-9-7-14-24-22(19)20-10-12-21(13-11-20)23(27)25(2)15-8-18-26-16-5-3-4-6-17-26/h7,9-14H,3-6,8,15-18H2,1-2H3. The van der Waals surface area contributed by atoms with Crippen LogP contribution in [0.4, 0.5) is 0 Å². The van der Waals surface area contributed by atoms with Crippen LogP contribution in [-0.2, 0) is 0 Å². The maximum atomic E-state index is 12.7. The maximum Gasteiger partial charge on any atom is 0.253 e. The van der Waals surface area contributed by atoms with Gasteiger partial charge in [0.2, 0.25) is 0 Å². The Bertz CT molecular complexity index is 734. The average molecular weight is 366 g/mol. The van der Waals surface area contributed by atoms with E-state index in [-0.39, 0.29) is 5.91 Å². The molecule has 0 atom stereocenters. The Balaban J connectivity index is 1.53. The van der Waals surface area contributed by atoms with E-state index in [0.717, 1.165) is 41.9 Å². The maximum absolute atomic E-state index is 12.7. The van der Waals surface area contributed by atoms with E-state index >= 15 is 0 Å². The Morgan fingerprint density at radius 1 is 1.07 bits per heavy atom. The third-order valence-electron chi connectivity index (χ3n) is 5.43. The van der Waals surface area contributed by atoms with Crippen molar-refractivity contribution in [1.29, 1.82) is 0 Å². The van der Waals surface area contributed by atoms with Crippen LogP contribution in [0.2, 0.25) is 0 Å². The number of hydrogen-bond donors (Lipinski definition) is 0. The number of aryl methyl sites for hydroxylation is 1. The third kappa shape index (κ3) is 5.39. The molecule has 0 radical (unpaired) electrons. The Morgan fingerprint density at radius 3 is 2.44 bits per heavy atom. The summed E-state index contributed by atoms with van der Waals surface area (Å²) in [5.74, 6) is 0.0927. The van der Waals surface area contributed by atoms with Gasteiger partial charge in [-0.05, 0) is 69.6 Å². The molecule has 4 heteroatoms. The van der Waals surface area contributed by atoms with Crippen molar-refractivity contribution in [2.24, 2.45) is 0 Å². The molecule has 3 rings (SSSR count). The van der Waals surface area contributed by atoms with Crippen molar-refractivity contribution in [2.75, 3.05) is 33.2 Å². The van der Waals surface area contributed by atoms with Crippen molar-refractivity contribution < 1.29 is 4.79 Å². The molecule has 2 aromatic rings. The topological polar surface area (TPSA) is 36.4 Å². The second kappa shape index (κ2) is 9.65. The van der Waals surface area contributed by atoms with Crippen molar-refractivity contribution in [3.8, 4) is 11.3 Å². The van der Waals surface area contributed by atoms with Crippen LogP contribution >= 0.6 is 0 Å². The molecule has 27 heavy (non-hydrogen) atoms. The molecule has 1 aliphatic heterocycles. The van der Waals surface area contributed by atoms with Crippen LogP contribution in [0, 0.1) is 6.92 Å². The number of aromatic nitrogens is 1. The highest BCUT2D eigenvalue weighted by atomic mass is 16.2. The molecule has 1 aromatic carbocycles. The van der Waals surface area contributed by atoms with E-state index in [1.54, 1.807) is 6.20 Å². The van der Waals surface area contributed by atoms with Crippen molar-refractivity contribution in [1.82, 2.24) is 14.8 Å². The van der Waals surface area contributed by atoms with Crippen LogP contribution in [-0.4, -0.2) is 53.9 Å². The minimum absolute atomic E-state index is 0.0927. The van der Waals surface area contributed by atoms with E-state index in [1.807, 2.05) is 42.3 Å². The van der Waals surface area contributed by atoms with Gasteiger partial charge in [0.1, 0.15) is 0 Å². The highest BCUT2D eigenvalue weighted by Crippen LogP contribution is 2.21. The normalized spacial score (nSPS) is 15.3. The van der Waals surface area contributed by atoms with Gasteiger partial charge in [-0.15, -0.1) is 0 Å². The molecule has 0 saturated carbocycles. The molecule has 1 aliphatic rings. The summed E-state index contributed by atoms with van der Waals surface area (Å²) in [7, 11) is 1.90. The summed E-state index contributed by atoms with van der Waals surface area (Å²) in [6.45, 7) is 6.38. The lowest BCUT2D eigenvalue weighted by molar-refractivity contribution is 0.0788. The average Bonchev–Trinajstić information content (AvgIpc) is 2.97. The SMILES string of the molecule is Cc1cccnc1-c1ccc(C(=O)N(C)CCCN2CCCCCC2)cc1. The fourth-order valence-electron chi connectivity index (χ4n) is 3.77. The smallest absolute Gasteiger partial charge is 0.253 e. The molecular formula is C23H31N3O.